The lowest BCUT2D eigenvalue weighted by Crippen LogP contribution is -2.66. The number of hydrogen-bond donors (Lipinski definition) is 1. The van der Waals surface area contributed by atoms with Gasteiger partial charge in [0.1, 0.15) is 0 Å². The lowest BCUT2D eigenvalue weighted by Gasteiger charge is -2.40. The summed E-state index contributed by atoms with van der Waals surface area (Å²) in [6.45, 7) is -0.00955. The summed E-state index contributed by atoms with van der Waals surface area (Å²) in [5, 5.41) is 9.51. The van der Waals surface area contributed by atoms with E-state index in [1.165, 1.54) is 0 Å². The second kappa shape index (κ2) is 5.00. The average Bonchev–Trinajstić information content (AvgIpc) is 2.37. The molecule has 1 rings (SSSR count). The first-order chi connectivity index (χ1) is 9.61. The first kappa shape index (κ1) is 18.5. The fourth-order valence-corrected chi connectivity index (χ4v) is 1.51. The fourth-order valence-electron chi connectivity index (χ4n) is 1.51. The van der Waals surface area contributed by atoms with Crippen molar-refractivity contribution in [3.63, 3.8) is 0 Å². The lowest BCUT2D eigenvalue weighted by molar-refractivity contribution is -0.417. The van der Waals surface area contributed by atoms with Gasteiger partial charge in [0.05, 0.1) is 0 Å². The molecule has 11 heteroatoms. The smallest absolute Gasteiger partial charge is 0.379 e. The topological polar surface area (TPSA) is 33.1 Å². The molecule has 2 nitrogen and oxygen atoms in total. The summed E-state index contributed by atoms with van der Waals surface area (Å²) >= 11 is 0. The highest BCUT2D eigenvalue weighted by Gasteiger charge is 2.85. The van der Waals surface area contributed by atoms with Gasteiger partial charge in [-0.1, -0.05) is 6.07 Å². The Kier molecular flexibility index (Phi) is 4.21. The van der Waals surface area contributed by atoms with Crippen LogP contribution in [0.5, 0.6) is 0 Å². The number of alkyl halides is 9. The highest BCUT2D eigenvalue weighted by atomic mass is 19.4. The van der Waals surface area contributed by atoms with Crippen molar-refractivity contribution in [2.45, 2.75) is 36.5 Å². The van der Waals surface area contributed by atoms with E-state index in [4.69, 9.17) is 0 Å². The molecular weight excluding hydrogens is 333 g/mol. The Balaban J connectivity index is 3.45. The zero-order valence-electron chi connectivity index (χ0n) is 10.6. The first-order valence-corrected chi connectivity index (χ1v) is 5.43. The van der Waals surface area contributed by atoms with Crippen molar-refractivity contribution in [1.29, 1.82) is 0 Å². The van der Waals surface area contributed by atoms with E-state index in [1.54, 1.807) is 0 Å². The lowest BCUT2D eigenvalue weighted by atomic mass is 9.84. The van der Waals surface area contributed by atoms with E-state index < -0.39 is 35.1 Å². The molecule has 0 fully saturated rings. The van der Waals surface area contributed by atoms with E-state index in [0.29, 0.717) is 12.3 Å². The van der Waals surface area contributed by atoms with E-state index >= 15 is 0 Å². The molecule has 0 saturated carbocycles. The van der Waals surface area contributed by atoms with Crippen LogP contribution in [0.4, 0.5) is 39.5 Å². The van der Waals surface area contributed by atoms with E-state index in [2.05, 4.69) is 4.98 Å². The molecular formula is C11H8F9NO. The Bertz CT molecular complexity index is 524. The van der Waals surface area contributed by atoms with Gasteiger partial charge in [-0.15, -0.1) is 0 Å². The molecule has 1 heterocycles. The third-order valence-corrected chi connectivity index (χ3v) is 2.98. The third-order valence-electron chi connectivity index (χ3n) is 2.98. The molecule has 1 unspecified atom stereocenters. The van der Waals surface area contributed by atoms with Crippen molar-refractivity contribution in [1.82, 2.24) is 4.98 Å². The van der Waals surface area contributed by atoms with E-state index in [-0.39, 0.29) is 6.92 Å². The summed E-state index contributed by atoms with van der Waals surface area (Å²) in [6, 6.07) is 1.53. The highest BCUT2D eigenvalue weighted by molar-refractivity contribution is 5.23. The standard InChI is InChI=1S/C11H8F9NO/c1-7(22,6-3-2-4-21-5-6)8(12,13)9(14,15)10(16,17)11(18,19)20/h2-5,22H,1H3. The number of rotatable bonds is 4. The van der Waals surface area contributed by atoms with Crippen LogP contribution in [-0.4, -0.2) is 34.0 Å². The van der Waals surface area contributed by atoms with Gasteiger partial charge in [0.25, 0.3) is 0 Å². The van der Waals surface area contributed by atoms with Gasteiger partial charge in [-0.25, -0.2) is 0 Å². The predicted molar refractivity (Wildman–Crippen MR) is 54.7 cm³/mol. The number of pyridine rings is 1. The van der Waals surface area contributed by atoms with Gasteiger partial charge < -0.3 is 5.11 Å². The summed E-state index contributed by atoms with van der Waals surface area (Å²) in [5.74, 6) is -20.1. The molecule has 126 valence electrons. The van der Waals surface area contributed by atoms with Gasteiger partial charge in [0.2, 0.25) is 0 Å². The predicted octanol–water partition coefficient (Wildman–Crippen LogP) is 3.76. The second-order valence-electron chi connectivity index (χ2n) is 4.53. The summed E-state index contributed by atoms with van der Waals surface area (Å²) in [4.78, 5) is 3.21. The molecule has 1 aromatic rings. The quantitative estimate of drug-likeness (QED) is 0.846. The van der Waals surface area contributed by atoms with Gasteiger partial charge in [-0.2, -0.15) is 39.5 Å². The summed E-state index contributed by atoms with van der Waals surface area (Å²) in [5.41, 5.74) is -5.09. The Morgan fingerprint density at radius 3 is 1.73 bits per heavy atom. The van der Waals surface area contributed by atoms with Crippen LogP contribution >= 0.6 is 0 Å². The first-order valence-electron chi connectivity index (χ1n) is 5.43. The summed E-state index contributed by atoms with van der Waals surface area (Å²) in [7, 11) is 0. The zero-order valence-corrected chi connectivity index (χ0v) is 10.6. The minimum atomic E-state index is -7.06. The van der Waals surface area contributed by atoms with Crippen molar-refractivity contribution < 1.29 is 44.6 Å². The van der Waals surface area contributed by atoms with Crippen LogP contribution in [0.3, 0.4) is 0 Å². The largest absolute Gasteiger partial charge is 0.460 e. The normalized spacial score (nSPS) is 17.2. The number of halogens is 9. The van der Waals surface area contributed by atoms with Crippen LogP contribution in [0.25, 0.3) is 0 Å². The molecule has 1 atom stereocenters. The summed E-state index contributed by atoms with van der Waals surface area (Å²) in [6.07, 6.45) is -5.51. The van der Waals surface area contributed by atoms with Gasteiger partial charge in [-0.3, -0.25) is 4.98 Å². The highest BCUT2D eigenvalue weighted by Crippen LogP contribution is 2.57. The molecule has 0 aliphatic rings. The molecule has 0 radical (unpaired) electrons. The Hall–Kier alpha value is -1.52. The van der Waals surface area contributed by atoms with Crippen LogP contribution in [0.1, 0.15) is 12.5 Å². The van der Waals surface area contributed by atoms with Crippen molar-refractivity contribution in [3.8, 4) is 0 Å². The van der Waals surface area contributed by atoms with Crippen LogP contribution in [-0.2, 0) is 5.60 Å². The van der Waals surface area contributed by atoms with Crippen LogP contribution in [0.2, 0.25) is 0 Å². The number of nitrogens with zero attached hydrogens (tertiary/aromatic N) is 1. The van der Waals surface area contributed by atoms with Gasteiger partial charge in [0.15, 0.2) is 5.60 Å². The number of aromatic nitrogens is 1. The monoisotopic (exact) mass is 341 g/mol. The molecule has 1 aromatic heterocycles. The van der Waals surface area contributed by atoms with Gasteiger partial charge >= 0.3 is 23.9 Å². The van der Waals surface area contributed by atoms with Crippen LogP contribution in [0, 0.1) is 0 Å². The van der Waals surface area contributed by atoms with Gasteiger partial charge in [-0.05, 0) is 13.0 Å². The Morgan fingerprint density at radius 2 is 1.36 bits per heavy atom. The number of hydrogen-bond acceptors (Lipinski definition) is 2. The minimum absolute atomic E-state index is 0.00955. The Morgan fingerprint density at radius 1 is 0.864 bits per heavy atom. The average molecular weight is 341 g/mol. The molecule has 22 heavy (non-hydrogen) atoms. The fraction of sp³-hybridized carbons (Fsp3) is 0.545. The molecule has 0 aliphatic heterocycles. The van der Waals surface area contributed by atoms with Crippen LogP contribution < -0.4 is 0 Å². The Labute approximate surface area is 117 Å². The zero-order chi connectivity index (χ0) is 17.6. The maximum atomic E-state index is 13.7. The molecule has 0 amide bonds. The minimum Gasteiger partial charge on any atom is -0.379 e. The maximum absolute atomic E-state index is 13.7. The van der Waals surface area contributed by atoms with Gasteiger partial charge in [0, 0.05) is 18.0 Å². The molecule has 0 spiro atoms. The SMILES string of the molecule is CC(O)(c1cccnc1)C(F)(F)C(F)(F)C(F)(F)C(F)(F)F. The molecule has 0 saturated heterocycles. The van der Waals surface area contributed by atoms with E-state index in [1.807, 2.05) is 0 Å². The van der Waals surface area contributed by atoms with E-state index in [9.17, 15) is 44.6 Å². The summed E-state index contributed by atoms with van der Waals surface area (Å²) < 4.78 is 115. The number of aliphatic hydroxyl groups is 1. The van der Waals surface area contributed by atoms with Crippen molar-refractivity contribution >= 4 is 0 Å². The molecule has 0 aromatic carbocycles. The van der Waals surface area contributed by atoms with Crippen molar-refractivity contribution in [2.24, 2.45) is 0 Å². The van der Waals surface area contributed by atoms with Crippen LogP contribution in [0.15, 0.2) is 24.5 Å². The van der Waals surface area contributed by atoms with Crippen molar-refractivity contribution in [3.05, 3.63) is 30.1 Å². The molecule has 1 N–H and O–H groups in total. The third kappa shape index (κ3) is 2.40. The maximum Gasteiger partial charge on any atom is 0.460 e. The van der Waals surface area contributed by atoms with E-state index in [0.717, 1.165) is 12.3 Å². The molecule has 0 bridgehead atoms. The molecule has 0 aliphatic carbocycles. The second-order valence-corrected chi connectivity index (χ2v) is 4.53. The van der Waals surface area contributed by atoms with Crippen molar-refractivity contribution in [2.75, 3.05) is 0 Å².